The number of ether oxygens (including phenoxy) is 1. The summed E-state index contributed by atoms with van der Waals surface area (Å²) in [6.07, 6.45) is -0.188. The summed E-state index contributed by atoms with van der Waals surface area (Å²) < 4.78 is 5.06. The summed E-state index contributed by atoms with van der Waals surface area (Å²) >= 11 is 1.65. The summed E-state index contributed by atoms with van der Waals surface area (Å²) in [5, 5.41) is 3.14. The first-order valence-corrected chi connectivity index (χ1v) is 8.97. The highest BCUT2D eigenvalue weighted by atomic mass is 32.1. The van der Waals surface area contributed by atoms with E-state index in [1.807, 2.05) is 18.4 Å². The summed E-state index contributed by atoms with van der Waals surface area (Å²) in [4.78, 5) is 27.6. The Morgan fingerprint density at radius 2 is 2.12 bits per heavy atom. The van der Waals surface area contributed by atoms with Crippen molar-refractivity contribution in [2.24, 2.45) is 5.73 Å². The molecule has 0 bridgehead atoms. The van der Waals surface area contributed by atoms with Gasteiger partial charge in [-0.25, -0.2) is 0 Å². The Kier molecular flexibility index (Phi) is 4.90. The molecule has 2 heterocycles. The van der Waals surface area contributed by atoms with Gasteiger partial charge in [-0.05, 0) is 49.4 Å². The molecule has 0 radical (unpaired) electrons. The minimum absolute atomic E-state index is 0.191. The van der Waals surface area contributed by atoms with Gasteiger partial charge < -0.3 is 15.5 Å². The Labute approximate surface area is 149 Å². The van der Waals surface area contributed by atoms with E-state index in [-0.39, 0.29) is 6.42 Å². The number of benzene rings is 1. The van der Waals surface area contributed by atoms with Gasteiger partial charge in [0.05, 0.1) is 10.6 Å². The fourth-order valence-corrected chi connectivity index (χ4v) is 3.55. The summed E-state index contributed by atoms with van der Waals surface area (Å²) in [6.45, 7) is 3.52. The van der Waals surface area contributed by atoms with Gasteiger partial charge in [-0.2, -0.15) is 0 Å². The molecule has 0 aliphatic rings. The summed E-state index contributed by atoms with van der Waals surface area (Å²) in [6, 6.07) is 10.3. The number of aromatic nitrogens is 1. The average Bonchev–Trinajstić information content (AvgIpc) is 3.20. The number of nitrogens with two attached hydrogens (primary N) is 1. The average molecular weight is 356 g/mol. The van der Waals surface area contributed by atoms with Gasteiger partial charge in [0, 0.05) is 17.3 Å². The monoisotopic (exact) mass is 356 g/mol. The zero-order valence-electron chi connectivity index (χ0n) is 14.2. The minimum atomic E-state index is -0.908. The van der Waals surface area contributed by atoms with Crippen molar-refractivity contribution >= 4 is 34.1 Å². The first-order chi connectivity index (χ1) is 12.0. The van der Waals surface area contributed by atoms with Gasteiger partial charge in [0.25, 0.3) is 5.91 Å². The SMILES string of the molecule is Cc1ccc2[nH]c(-c3cccs3)c(CCC(=O)O[C@@H](C)C(N)=O)c2c1. The number of aromatic amines is 1. The number of fused-ring (bicyclic) bond motifs is 1. The third-order valence-electron chi connectivity index (χ3n) is 4.12. The molecule has 25 heavy (non-hydrogen) atoms. The van der Waals surface area contributed by atoms with E-state index < -0.39 is 18.0 Å². The molecule has 3 rings (SSSR count). The van der Waals surface area contributed by atoms with E-state index in [4.69, 9.17) is 10.5 Å². The maximum atomic E-state index is 12.0. The van der Waals surface area contributed by atoms with Crippen LogP contribution in [-0.2, 0) is 20.7 Å². The Hall–Kier alpha value is -2.60. The number of hydrogen-bond donors (Lipinski definition) is 2. The molecule has 0 unspecified atom stereocenters. The quantitative estimate of drug-likeness (QED) is 0.662. The zero-order chi connectivity index (χ0) is 18.0. The van der Waals surface area contributed by atoms with Gasteiger partial charge in [0.2, 0.25) is 0 Å². The van der Waals surface area contributed by atoms with Crippen molar-refractivity contribution in [1.29, 1.82) is 0 Å². The summed E-state index contributed by atoms with van der Waals surface area (Å²) in [5.74, 6) is -1.07. The van der Waals surface area contributed by atoms with Gasteiger partial charge in [-0.3, -0.25) is 9.59 Å². The van der Waals surface area contributed by atoms with Crippen LogP contribution < -0.4 is 5.73 Å². The number of carbonyl (C=O) groups excluding carboxylic acids is 2. The van der Waals surface area contributed by atoms with Crippen molar-refractivity contribution in [2.45, 2.75) is 32.8 Å². The van der Waals surface area contributed by atoms with E-state index in [9.17, 15) is 9.59 Å². The van der Waals surface area contributed by atoms with Crippen LogP contribution in [0.2, 0.25) is 0 Å². The van der Waals surface area contributed by atoms with Crippen LogP contribution in [0.5, 0.6) is 0 Å². The van der Waals surface area contributed by atoms with E-state index >= 15 is 0 Å². The van der Waals surface area contributed by atoms with Crippen molar-refractivity contribution in [3.05, 3.63) is 46.8 Å². The molecule has 3 aromatic rings. The number of rotatable bonds is 6. The molecule has 1 aromatic carbocycles. The highest BCUT2D eigenvalue weighted by Crippen LogP contribution is 2.34. The maximum Gasteiger partial charge on any atom is 0.306 e. The van der Waals surface area contributed by atoms with Crippen molar-refractivity contribution in [3.8, 4) is 10.6 Å². The molecule has 130 valence electrons. The van der Waals surface area contributed by atoms with Gasteiger partial charge >= 0.3 is 5.97 Å². The van der Waals surface area contributed by atoms with Gasteiger partial charge in [-0.15, -0.1) is 11.3 Å². The van der Waals surface area contributed by atoms with Crippen LogP contribution in [0.15, 0.2) is 35.7 Å². The Morgan fingerprint density at radius 1 is 1.32 bits per heavy atom. The van der Waals surface area contributed by atoms with Crippen LogP contribution >= 0.6 is 11.3 Å². The number of nitrogens with one attached hydrogen (secondary N) is 1. The van der Waals surface area contributed by atoms with Gasteiger partial charge in [-0.1, -0.05) is 17.7 Å². The second kappa shape index (κ2) is 7.11. The Morgan fingerprint density at radius 3 is 2.80 bits per heavy atom. The molecule has 0 aliphatic carbocycles. The minimum Gasteiger partial charge on any atom is -0.453 e. The number of carbonyl (C=O) groups is 2. The van der Waals surface area contributed by atoms with Crippen molar-refractivity contribution in [1.82, 2.24) is 4.98 Å². The number of aryl methyl sites for hydroxylation is 2. The number of primary amides is 1. The smallest absolute Gasteiger partial charge is 0.306 e. The van der Waals surface area contributed by atoms with Crippen LogP contribution in [0.25, 0.3) is 21.5 Å². The number of thiophene rings is 1. The molecule has 0 aliphatic heterocycles. The highest BCUT2D eigenvalue weighted by Gasteiger charge is 2.18. The van der Waals surface area contributed by atoms with Crippen LogP contribution in [0.1, 0.15) is 24.5 Å². The maximum absolute atomic E-state index is 12.0. The van der Waals surface area contributed by atoms with Crippen LogP contribution in [0.4, 0.5) is 0 Å². The number of amides is 1. The largest absolute Gasteiger partial charge is 0.453 e. The standard InChI is InChI=1S/C19H20N2O3S/c1-11-5-7-15-14(10-11)13(18(21-15)16-4-3-9-25-16)6-8-17(22)24-12(2)19(20)23/h3-5,7,9-10,12,21H,6,8H2,1-2H3,(H2,20,23)/t12-/m0/s1. The predicted molar refractivity (Wildman–Crippen MR) is 99.4 cm³/mol. The summed E-state index contributed by atoms with van der Waals surface area (Å²) in [7, 11) is 0. The molecule has 0 fully saturated rings. The van der Waals surface area contributed by atoms with Crippen molar-refractivity contribution < 1.29 is 14.3 Å². The zero-order valence-corrected chi connectivity index (χ0v) is 15.0. The van der Waals surface area contributed by atoms with Gasteiger partial charge in [0.15, 0.2) is 6.10 Å². The third-order valence-corrected chi connectivity index (χ3v) is 5.00. The lowest BCUT2D eigenvalue weighted by Gasteiger charge is -2.09. The summed E-state index contributed by atoms with van der Waals surface area (Å²) in [5.41, 5.74) is 9.46. The molecule has 3 N–H and O–H groups in total. The molecule has 1 atom stereocenters. The lowest BCUT2D eigenvalue weighted by Crippen LogP contribution is -2.30. The number of esters is 1. The van der Waals surface area contributed by atoms with Crippen molar-refractivity contribution in [2.75, 3.05) is 0 Å². The fraction of sp³-hybridized carbons (Fsp3) is 0.263. The van der Waals surface area contributed by atoms with Crippen LogP contribution in [0.3, 0.4) is 0 Å². The molecular formula is C19H20N2O3S. The van der Waals surface area contributed by atoms with Crippen molar-refractivity contribution in [3.63, 3.8) is 0 Å². The second-order valence-corrected chi connectivity index (χ2v) is 6.99. The van der Waals surface area contributed by atoms with E-state index in [0.29, 0.717) is 6.42 Å². The molecule has 1 amide bonds. The molecule has 2 aromatic heterocycles. The second-order valence-electron chi connectivity index (χ2n) is 6.04. The van der Waals surface area contributed by atoms with Crippen LogP contribution in [0, 0.1) is 6.92 Å². The molecule has 5 nitrogen and oxygen atoms in total. The van der Waals surface area contributed by atoms with Gasteiger partial charge in [0.1, 0.15) is 0 Å². The normalized spacial score (nSPS) is 12.2. The van der Waals surface area contributed by atoms with E-state index in [0.717, 1.165) is 32.6 Å². The first kappa shape index (κ1) is 17.2. The first-order valence-electron chi connectivity index (χ1n) is 8.09. The Bertz CT molecular complexity index is 912. The van der Waals surface area contributed by atoms with E-state index in [1.54, 1.807) is 11.3 Å². The molecule has 0 saturated heterocycles. The fourth-order valence-electron chi connectivity index (χ4n) is 2.79. The number of H-pyrrole nitrogens is 1. The lowest BCUT2D eigenvalue weighted by molar-refractivity contribution is -0.153. The highest BCUT2D eigenvalue weighted by molar-refractivity contribution is 7.13. The predicted octanol–water partition coefficient (Wildman–Crippen LogP) is 3.55. The topological polar surface area (TPSA) is 85.2 Å². The van der Waals surface area contributed by atoms with E-state index in [1.165, 1.54) is 6.92 Å². The molecule has 0 spiro atoms. The molecule has 6 heteroatoms. The molecular weight excluding hydrogens is 336 g/mol. The van der Waals surface area contributed by atoms with Crippen LogP contribution in [-0.4, -0.2) is 23.0 Å². The lowest BCUT2D eigenvalue weighted by atomic mass is 10.0. The third kappa shape index (κ3) is 3.74. The Balaban J connectivity index is 1.89. The van der Waals surface area contributed by atoms with E-state index in [2.05, 4.69) is 29.2 Å². The molecule has 0 saturated carbocycles. The number of hydrogen-bond acceptors (Lipinski definition) is 4.